The molecule has 0 saturated heterocycles. The molecule has 92 valence electrons. The Morgan fingerprint density at radius 2 is 1.88 bits per heavy atom. The number of aliphatic carboxylic acids is 1. The number of benzene rings is 1. The van der Waals surface area contributed by atoms with Gasteiger partial charge in [0.05, 0.1) is 5.92 Å². The molecule has 1 aliphatic carbocycles. The van der Waals surface area contributed by atoms with E-state index in [1.807, 2.05) is 30.3 Å². The van der Waals surface area contributed by atoms with Crippen LogP contribution in [0.1, 0.15) is 37.7 Å². The molecule has 17 heavy (non-hydrogen) atoms. The van der Waals surface area contributed by atoms with Crippen LogP contribution in [0.4, 0.5) is 0 Å². The van der Waals surface area contributed by atoms with Crippen molar-refractivity contribution in [2.24, 2.45) is 11.8 Å². The predicted octanol–water partition coefficient (Wildman–Crippen LogP) is 3.51. The molecular weight excluding hydrogens is 212 g/mol. The molecule has 0 aromatic heterocycles. The fourth-order valence-corrected chi connectivity index (χ4v) is 2.82. The Hall–Kier alpha value is -1.31. The van der Waals surface area contributed by atoms with Crippen LogP contribution in [0.2, 0.25) is 0 Å². The van der Waals surface area contributed by atoms with Crippen LogP contribution in [-0.4, -0.2) is 11.1 Å². The Labute approximate surface area is 103 Å². The lowest BCUT2D eigenvalue weighted by Gasteiger charge is -2.16. The fourth-order valence-electron chi connectivity index (χ4n) is 2.82. The van der Waals surface area contributed by atoms with Gasteiger partial charge in [0, 0.05) is 0 Å². The first-order valence-corrected chi connectivity index (χ1v) is 6.52. The molecule has 0 spiro atoms. The van der Waals surface area contributed by atoms with Crippen molar-refractivity contribution >= 4 is 5.97 Å². The maximum atomic E-state index is 11.3. The van der Waals surface area contributed by atoms with Gasteiger partial charge in [-0.3, -0.25) is 4.79 Å². The van der Waals surface area contributed by atoms with Crippen molar-refractivity contribution in [1.29, 1.82) is 0 Å². The molecule has 1 N–H and O–H groups in total. The average Bonchev–Trinajstić information content (AvgIpc) is 2.82. The summed E-state index contributed by atoms with van der Waals surface area (Å²) in [6.07, 6.45) is 6.53. The highest BCUT2D eigenvalue weighted by Gasteiger charge is 2.24. The Balaban J connectivity index is 1.95. The molecule has 0 amide bonds. The van der Waals surface area contributed by atoms with Crippen molar-refractivity contribution < 1.29 is 9.90 Å². The van der Waals surface area contributed by atoms with Gasteiger partial charge in [-0.1, -0.05) is 56.0 Å². The molecule has 1 aromatic rings. The van der Waals surface area contributed by atoms with Gasteiger partial charge in [-0.2, -0.15) is 0 Å². The monoisotopic (exact) mass is 232 g/mol. The number of carboxylic acids is 1. The minimum absolute atomic E-state index is 0.208. The second-order valence-corrected chi connectivity index (χ2v) is 5.11. The van der Waals surface area contributed by atoms with Gasteiger partial charge in [0.2, 0.25) is 0 Å². The van der Waals surface area contributed by atoms with Gasteiger partial charge in [0.25, 0.3) is 0 Å². The van der Waals surface area contributed by atoms with Crippen LogP contribution in [0.5, 0.6) is 0 Å². The second-order valence-electron chi connectivity index (χ2n) is 5.11. The zero-order chi connectivity index (χ0) is 12.1. The molecular formula is C15H20O2. The maximum absolute atomic E-state index is 11.3. The standard InChI is InChI=1S/C15H20O2/c16-15(17)14(11-13-8-4-5-9-13)10-12-6-2-1-3-7-12/h1-3,6-7,13-14H,4-5,8-11H2,(H,16,17)/t14-/m1/s1. The molecule has 0 heterocycles. The molecule has 1 fully saturated rings. The summed E-state index contributed by atoms with van der Waals surface area (Å²) in [7, 11) is 0. The smallest absolute Gasteiger partial charge is 0.306 e. The summed E-state index contributed by atoms with van der Waals surface area (Å²) < 4.78 is 0. The lowest BCUT2D eigenvalue weighted by molar-refractivity contribution is -0.142. The van der Waals surface area contributed by atoms with Gasteiger partial charge in [-0.25, -0.2) is 0 Å². The lowest BCUT2D eigenvalue weighted by Crippen LogP contribution is -2.19. The average molecular weight is 232 g/mol. The van der Waals surface area contributed by atoms with E-state index in [2.05, 4.69) is 0 Å². The van der Waals surface area contributed by atoms with Crippen molar-refractivity contribution in [3.63, 3.8) is 0 Å². The van der Waals surface area contributed by atoms with Crippen molar-refractivity contribution in [3.8, 4) is 0 Å². The largest absolute Gasteiger partial charge is 0.481 e. The molecule has 2 heteroatoms. The van der Waals surface area contributed by atoms with Gasteiger partial charge >= 0.3 is 5.97 Å². The van der Waals surface area contributed by atoms with Crippen molar-refractivity contribution in [1.82, 2.24) is 0 Å². The molecule has 1 saturated carbocycles. The van der Waals surface area contributed by atoms with Gasteiger partial charge in [-0.05, 0) is 24.3 Å². The Bertz CT molecular complexity index is 352. The Kier molecular flexibility index (Phi) is 4.18. The quantitative estimate of drug-likeness (QED) is 0.843. The number of hydrogen-bond acceptors (Lipinski definition) is 1. The number of hydrogen-bond donors (Lipinski definition) is 1. The van der Waals surface area contributed by atoms with Gasteiger partial charge in [-0.15, -0.1) is 0 Å². The minimum atomic E-state index is -0.638. The zero-order valence-electron chi connectivity index (χ0n) is 10.1. The SMILES string of the molecule is O=C(O)[C@H](Cc1ccccc1)CC1CCCC1. The van der Waals surface area contributed by atoms with Crippen LogP contribution in [0.25, 0.3) is 0 Å². The topological polar surface area (TPSA) is 37.3 Å². The molecule has 2 nitrogen and oxygen atoms in total. The molecule has 1 aliphatic rings. The summed E-state index contributed by atoms with van der Waals surface area (Å²) in [5.74, 6) is -0.207. The van der Waals surface area contributed by atoms with Crippen LogP contribution in [0.3, 0.4) is 0 Å². The van der Waals surface area contributed by atoms with E-state index in [1.165, 1.54) is 25.7 Å². The summed E-state index contributed by atoms with van der Waals surface area (Å²) in [5, 5.41) is 9.29. The first-order valence-electron chi connectivity index (χ1n) is 6.52. The number of carbonyl (C=O) groups is 1. The summed E-state index contributed by atoms with van der Waals surface area (Å²) in [5.41, 5.74) is 1.14. The Morgan fingerprint density at radius 1 is 1.24 bits per heavy atom. The second kappa shape index (κ2) is 5.85. The molecule has 0 bridgehead atoms. The highest BCUT2D eigenvalue weighted by molar-refractivity contribution is 5.70. The highest BCUT2D eigenvalue weighted by Crippen LogP contribution is 2.31. The zero-order valence-corrected chi connectivity index (χ0v) is 10.1. The third kappa shape index (κ3) is 3.58. The predicted molar refractivity (Wildman–Crippen MR) is 67.8 cm³/mol. The van der Waals surface area contributed by atoms with Crippen LogP contribution >= 0.6 is 0 Å². The van der Waals surface area contributed by atoms with Crippen molar-refractivity contribution in [2.45, 2.75) is 38.5 Å². The third-order valence-electron chi connectivity index (χ3n) is 3.77. The molecule has 0 aliphatic heterocycles. The summed E-state index contributed by atoms with van der Waals surface area (Å²) in [4.78, 5) is 11.3. The number of carboxylic acid groups (broad SMARTS) is 1. The van der Waals surface area contributed by atoms with E-state index in [4.69, 9.17) is 0 Å². The maximum Gasteiger partial charge on any atom is 0.306 e. The van der Waals surface area contributed by atoms with E-state index < -0.39 is 5.97 Å². The normalized spacial score (nSPS) is 18.1. The van der Waals surface area contributed by atoms with Crippen LogP contribution in [-0.2, 0) is 11.2 Å². The third-order valence-corrected chi connectivity index (χ3v) is 3.77. The molecule has 1 atom stereocenters. The van der Waals surface area contributed by atoms with E-state index in [0.29, 0.717) is 12.3 Å². The van der Waals surface area contributed by atoms with Gasteiger partial charge in [0.1, 0.15) is 0 Å². The van der Waals surface area contributed by atoms with E-state index in [0.717, 1.165) is 12.0 Å². The van der Waals surface area contributed by atoms with E-state index >= 15 is 0 Å². The first-order chi connectivity index (χ1) is 8.25. The van der Waals surface area contributed by atoms with Gasteiger partial charge in [0.15, 0.2) is 0 Å². The minimum Gasteiger partial charge on any atom is -0.481 e. The molecule has 1 aromatic carbocycles. The summed E-state index contributed by atoms with van der Waals surface area (Å²) >= 11 is 0. The summed E-state index contributed by atoms with van der Waals surface area (Å²) in [6, 6.07) is 9.96. The number of rotatable bonds is 5. The van der Waals surface area contributed by atoms with E-state index in [9.17, 15) is 9.90 Å². The lowest BCUT2D eigenvalue weighted by atomic mass is 9.88. The van der Waals surface area contributed by atoms with Gasteiger partial charge < -0.3 is 5.11 Å². The van der Waals surface area contributed by atoms with Crippen molar-refractivity contribution in [3.05, 3.63) is 35.9 Å². The van der Waals surface area contributed by atoms with E-state index in [-0.39, 0.29) is 5.92 Å². The Morgan fingerprint density at radius 3 is 2.47 bits per heavy atom. The highest BCUT2D eigenvalue weighted by atomic mass is 16.4. The van der Waals surface area contributed by atoms with Crippen LogP contribution in [0.15, 0.2) is 30.3 Å². The van der Waals surface area contributed by atoms with E-state index in [1.54, 1.807) is 0 Å². The molecule has 2 rings (SSSR count). The fraction of sp³-hybridized carbons (Fsp3) is 0.533. The van der Waals surface area contributed by atoms with Crippen LogP contribution in [0, 0.1) is 11.8 Å². The first kappa shape index (κ1) is 12.2. The van der Waals surface area contributed by atoms with Crippen molar-refractivity contribution in [2.75, 3.05) is 0 Å². The molecule has 0 unspecified atom stereocenters. The summed E-state index contributed by atoms with van der Waals surface area (Å²) in [6.45, 7) is 0. The van der Waals surface area contributed by atoms with Crippen LogP contribution < -0.4 is 0 Å². The molecule has 0 radical (unpaired) electrons.